The van der Waals surface area contributed by atoms with E-state index in [4.69, 9.17) is 5.11 Å². The number of aromatic nitrogens is 2. The van der Waals surface area contributed by atoms with Crippen LogP contribution in [0, 0.1) is 0 Å². The third-order valence-corrected chi connectivity index (χ3v) is 2.70. The van der Waals surface area contributed by atoms with Gasteiger partial charge in [-0.1, -0.05) is 30.3 Å². The molecule has 0 saturated carbocycles. The van der Waals surface area contributed by atoms with Crippen molar-refractivity contribution >= 4 is 5.97 Å². The number of carboxylic acid groups (broad SMARTS) is 1. The summed E-state index contributed by atoms with van der Waals surface area (Å²) >= 11 is 0. The van der Waals surface area contributed by atoms with Crippen molar-refractivity contribution in [2.75, 3.05) is 0 Å². The van der Waals surface area contributed by atoms with Crippen molar-refractivity contribution in [3.8, 4) is 0 Å². The molecule has 17 heavy (non-hydrogen) atoms. The molecule has 1 heterocycles. The number of carboxylic acids is 1. The van der Waals surface area contributed by atoms with E-state index in [0.717, 1.165) is 6.42 Å². The summed E-state index contributed by atoms with van der Waals surface area (Å²) in [5, 5.41) is 8.79. The van der Waals surface area contributed by atoms with Gasteiger partial charge < -0.3 is 9.67 Å². The maximum atomic E-state index is 10.7. The summed E-state index contributed by atoms with van der Waals surface area (Å²) < 4.78 is 1.83. The Balaban J connectivity index is 2.09. The van der Waals surface area contributed by atoms with Gasteiger partial charge in [0.15, 0.2) is 5.69 Å². The van der Waals surface area contributed by atoms with Crippen molar-refractivity contribution in [2.45, 2.75) is 19.4 Å². The van der Waals surface area contributed by atoms with Crippen LogP contribution >= 0.6 is 0 Å². The van der Waals surface area contributed by atoms with Gasteiger partial charge in [0.2, 0.25) is 0 Å². The molecule has 0 aliphatic heterocycles. The number of hydrogen-bond acceptors (Lipinski definition) is 2. The highest BCUT2D eigenvalue weighted by molar-refractivity contribution is 5.84. The molecule has 0 spiro atoms. The average molecular weight is 230 g/mol. The van der Waals surface area contributed by atoms with E-state index in [-0.39, 0.29) is 11.7 Å². The van der Waals surface area contributed by atoms with E-state index in [1.807, 2.05) is 29.7 Å². The van der Waals surface area contributed by atoms with Crippen molar-refractivity contribution in [1.82, 2.24) is 9.55 Å². The predicted molar refractivity (Wildman–Crippen MR) is 64.0 cm³/mol. The Morgan fingerprint density at radius 2 is 2.12 bits per heavy atom. The van der Waals surface area contributed by atoms with Crippen LogP contribution in [0.3, 0.4) is 0 Å². The van der Waals surface area contributed by atoms with Crippen LogP contribution in [0.25, 0.3) is 0 Å². The molecule has 0 aliphatic rings. The molecule has 0 amide bonds. The lowest BCUT2D eigenvalue weighted by molar-refractivity contribution is 0.0691. The van der Waals surface area contributed by atoms with Crippen LogP contribution in [0.15, 0.2) is 42.9 Å². The Morgan fingerprint density at radius 3 is 2.71 bits per heavy atom. The maximum absolute atomic E-state index is 10.7. The number of hydrogen-bond donors (Lipinski definition) is 1. The summed E-state index contributed by atoms with van der Waals surface area (Å²) in [5.74, 6) is -0.990. The lowest BCUT2D eigenvalue weighted by Crippen LogP contribution is -2.06. The molecular formula is C13H14N2O2. The smallest absolute Gasteiger partial charge is 0.356 e. The molecule has 2 rings (SSSR count). The van der Waals surface area contributed by atoms with Crippen LogP contribution in [-0.4, -0.2) is 20.6 Å². The molecule has 0 aliphatic carbocycles. The number of rotatable bonds is 4. The fraction of sp³-hybridized carbons (Fsp3) is 0.231. The van der Waals surface area contributed by atoms with E-state index in [0.29, 0.717) is 0 Å². The summed E-state index contributed by atoms with van der Waals surface area (Å²) in [4.78, 5) is 14.6. The van der Waals surface area contributed by atoms with Crippen LogP contribution in [0.4, 0.5) is 0 Å². The standard InChI is InChI=1S/C13H14N2O2/c1-10(7-11-5-3-2-4-6-11)15-8-12(13(16)17)14-9-15/h2-6,8-10H,7H2,1H3,(H,16,17)/t10-/m1/s1. The van der Waals surface area contributed by atoms with Crippen LogP contribution in [0.5, 0.6) is 0 Å². The molecule has 88 valence electrons. The maximum Gasteiger partial charge on any atom is 0.356 e. The number of nitrogens with zero attached hydrogens (tertiary/aromatic N) is 2. The monoisotopic (exact) mass is 230 g/mol. The summed E-state index contributed by atoms with van der Waals surface area (Å²) in [7, 11) is 0. The first-order valence-corrected chi connectivity index (χ1v) is 5.47. The minimum Gasteiger partial charge on any atom is -0.476 e. The minimum atomic E-state index is -0.990. The molecule has 2 aromatic rings. The fourth-order valence-corrected chi connectivity index (χ4v) is 1.75. The minimum absolute atomic E-state index is 0.0879. The third kappa shape index (κ3) is 2.72. The number of carbonyl (C=O) groups is 1. The Morgan fingerprint density at radius 1 is 1.41 bits per heavy atom. The number of imidazole rings is 1. The van der Waals surface area contributed by atoms with E-state index in [2.05, 4.69) is 17.1 Å². The molecule has 4 nitrogen and oxygen atoms in total. The predicted octanol–water partition coefficient (Wildman–Crippen LogP) is 2.38. The highest BCUT2D eigenvalue weighted by atomic mass is 16.4. The molecule has 0 radical (unpaired) electrons. The van der Waals surface area contributed by atoms with Crippen LogP contribution in [0.1, 0.15) is 29.0 Å². The Bertz CT molecular complexity index is 505. The summed E-state index contributed by atoms with van der Waals surface area (Å²) in [6.45, 7) is 2.04. The average Bonchev–Trinajstić information content (AvgIpc) is 2.79. The molecule has 4 heteroatoms. The quantitative estimate of drug-likeness (QED) is 0.877. The van der Waals surface area contributed by atoms with Crippen LogP contribution in [0.2, 0.25) is 0 Å². The van der Waals surface area contributed by atoms with Gasteiger partial charge in [0.1, 0.15) is 0 Å². The Kier molecular flexibility index (Phi) is 3.23. The van der Waals surface area contributed by atoms with E-state index in [1.54, 1.807) is 12.5 Å². The molecule has 1 atom stereocenters. The van der Waals surface area contributed by atoms with Crippen molar-refractivity contribution in [3.05, 3.63) is 54.1 Å². The van der Waals surface area contributed by atoms with Crippen molar-refractivity contribution in [1.29, 1.82) is 0 Å². The van der Waals surface area contributed by atoms with Gasteiger partial charge in [-0.2, -0.15) is 0 Å². The topological polar surface area (TPSA) is 55.1 Å². The number of benzene rings is 1. The van der Waals surface area contributed by atoms with E-state index in [9.17, 15) is 4.79 Å². The lowest BCUT2D eigenvalue weighted by atomic mass is 10.1. The largest absolute Gasteiger partial charge is 0.476 e. The first-order valence-electron chi connectivity index (χ1n) is 5.47. The summed E-state index contributed by atoms with van der Waals surface area (Å²) in [6, 6.07) is 10.3. The molecule has 0 unspecified atom stereocenters. The van der Waals surface area contributed by atoms with E-state index < -0.39 is 5.97 Å². The zero-order chi connectivity index (χ0) is 12.3. The molecule has 0 bridgehead atoms. The van der Waals surface area contributed by atoms with Crippen LogP contribution in [-0.2, 0) is 6.42 Å². The molecule has 0 fully saturated rings. The normalized spacial score (nSPS) is 12.3. The number of aromatic carboxylic acids is 1. The molecular weight excluding hydrogens is 216 g/mol. The van der Waals surface area contributed by atoms with Gasteiger partial charge in [0, 0.05) is 12.2 Å². The van der Waals surface area contributed by atoms with Crippen molar-refractivity contribution in [2.24, 2.45) is 0 Å². The summed E-state index contributed by atoms with van der Waals surface area (Å²) in [5.41, 5.74) is 1.32. The first-order chi connectivity index (χ1) is 8.16. The van der Waals surface area contributed by atoms with Crippen molar-refractivity contribution in [3.63, 3.8) is 0 Å². The lowest BCUT2D eigenvalue weighted by Gasteiger charge is -2.12. The van der Waals surface area contributed by atoms with Gasteiger partial charge in [-0.25, -0.2) is 9.78 Å². The van der Waals surface area contributed by atoms with Gasteiger partial charge in [-0.3, -0.25) is 0 Å². The fourth-order valence-electron chi connectivity index (χ4n) is 1.75. The zero-order valence-corrected chi connectivity index (χ0v) is 9.58. The Hall–Kier alpha value is -2.10. The SMILES string of the molecule is C[C@H](Cc1ccccc1)n1cnc(C(=O)O)c1. The van der Waals surface area contributed by atoms with Gasteiger partial charge in [0.05, 0.1) is 6.33 Å². The highest BCUT2D eigenvalue weighted by Crippen LogP contribution is 2.14. The molecule has 1 aromatic heterocycles. The summed E-state index contributed by atoms with van der Waals surface area (Å²) in [6.07, 6.45) is 3.99. The third-order valence-electron chi connectivity index (χ3n) is 2.70. The van der Waals surface area contributed by atoms with E-state index in [1.165, 1.54) is 5.56 Å². The second-order valence-electron chi connectivity index (χ2n) is 4.05. The van der Waals surface area contributed by atoms with Crippen molar-refractivity contribution < 1.29 is 9.90 Å². The van der Waals surface area contributed by atoms with Gasteiger partial charge >= 0.3 is 5.97 Å². The molecule has 0 saturated heterocycles. The van der Waals surface area contributed by atoms with Gasteiger partial charge in [0.25, 0.3) is 0 Å². The van der Waals surface area contributed by atoms with Gasteiger partial charge in [-0.05, 0) is 18.9 Å². The molecule has 1 N–H and O–H groups in total. The molecule has 1 aromatic carbocycles. The second-order valence-corrected chi connectivity index (χ2v) is 4.05. The van der Waals surface area contributed by atoms with Crippen LogP contribution < -0.4 is 0 Å². The highest BCUT2D eigenvalue weighted by Gasteiger charge is 2.10. The second kappa shape index (κ2) is 4.82. The Labute approximate surface area is 99.5 Å². The van der Waals surface area contributed by atoms with Gasteiger partial charge in [-0.15, -0.1) is 0 Å². The first kappa shape index (κ1) is 11.4. The zero-order valence-electron chi connectivity index (χ0n) is 9.58. The van der Waals surface area contributed by atoms with E-state index >= 15 is 0 Å².